The van der Waals surface area contributed by atoms with Gasteiger partial charge in [-0.25, -0.2) is 0 Å². The lowest BCUT2D eigenvalue weighted by Gasteiger charge is -2.23. The third-order valence-electron chi connectivity index (χ3n) is 5.21. The fourth-order valence-corrected chi connectivity index (χ4v) is 4.33. The quantitative estimate of drug-likeness (QED) is 0.358. The molecule has 1 atom stereocenters. The monoisotopic (exact) mass is 451 g/mol. The summed E-state index contributed by atoms with van der Waals surface area (Å²) in [4.78, 5) is 27.5. The van der Waals surface area contributed by atoms with E-state index in [1.165, 1.54) is 30.5 Å². The molecule has 3 aromatic rings. The molecule has 1 fully saturated rings. The highest BCUT2D eigenvalue weighted by molar-refractivity contribution is 7.15. The van der Waals surface area contributed by atoms with E-state index in [0.717, 1.165) is 5.56 Å². The molecule has 1 saturated heterocycles. The van der Waals surface area contributed by atoms with E-state index >= 15 is 0 Å². The Balaban J connectivity index is 1.95. The van der Waals surface area contributed by atoms with E-state index in [1.807, 2.05) is 19.1 Å². The summed E-state index contributed by atoms with van der Waals surface area (Å²) >= 11 is 1.19. The van der Waals surface area contributed by atoms with Gasteiger partial charge in [-0.1, -0.05) is 47.2 Å². The average molecular weight is 452 g/mol. The molecule has 0 saturated carbocycles. The maximum atomic E-state index is 13.1. The molecule has 1 aliphatic rings. The molecule has 4 rings (SSSR count). The van der Waals surface area contributed by atoms with Crippen molar-refractivity contribution < 1.29 is 24.2 Å². The first-order valence-electron chi connectivity index (χ1n) is 9.75. The molecular formula is C23H21N3O5S. The van der Waals surface area contributed by atoms with Gasteiger partial charge in [0.05, 0.1) is 25.8 Å². The summed E-state index contributed by atoms with van der Waals surface area (Å²) in [6, 6.07) is 11.2. The Morgan fingerprint density at radius 3 is 2.28 bits per heavy atom. The van der Waals surface area contributed by atoms with Crippen molar-refractivity contribution in [2.45, 2.75) is 19.9 Å². The van der Waals surface area contributed by atoms with Crippen LogP contribution in [0.15, 0.2) is 48.0 Å². The zero-order valence-electron chi connectivity index (χ0n) is 17.9. The molecule has 32 heavy (non-hydrogen) atoms. The van der Waals surface area contributed by atoms with Crippen LogP contribution in [0.4, 0.5) is 5.13 Å². The molecule has 0 radical (unpaired) electrons. The Labute approximate surface area is 188 Å². The molecule has 0 spiro atoms. The topological polar surface area (TPSA) is 102 Å². The smallest absolute Gasteiger partial charge is 0.301 e. The highest BCUT2D eigenvalue weighted by atomic mass is 32.1. The van der Waals surface area contributed by atoms with Crippen molar-refractivity contribution in [3.05, 3.63) is 69.7 Å². The number of carbonyl (C=O) groups excluding carboxylic acids is 2. The van der Waals surface area contributed by atoms with Gasteiger partial charge in [0.2, 0.25) is 5.13 Å². The van der Waals surface area contributed by atoms with Crippen LogP contribution in [0.1, 0.15) is 27.7 Å². The van der Waals surface area contributed by atoms with E-state index in [4.69, 9.17) is 9.47 Å². The summed E-state index contributed by atoms with van der Waals surface area (Å²) in [7, 11) is 3.02. The molecule has 2 heterocycles. The number of aliphatic hydroxyl groups excluding tert-OH is 1. The normalized spacial score (nSPS) is 17.6. The predicted molar refractivity (Wildman–Crippen MR) is 120 cm³/mol. The van der Waals surface area contributed by atoms with Crippen molar-refractivity contribution in [1.29, 1.82) is 0 Å². The molecule has 0 bridgehead atoms. The molecular weight excluding hydrogens is 430 g/mol. The maximum Gasteiger partial charge on any atom is 0.301 e. The number of aromatic nitrogens is 2. The van der Waals surface area contributed by atoms with Gasteiger partial charge in [0.1, 0.15) is 10.8 Å². The van der Waals surface area contributed by atoms with Crippen LogP contribution < -0.4 is 14.4 Å². The third kappa shape index (κ3) is 3.60. The lowest BCUT2D eigenvalue weighted by Crippen LogP contribution is -2.29. The molecule has 1 amide bonds. The van der Waals surface area contributed by atoms with E-state index in [-0.39, 0.29) is 16.5 Å². The second-order valence-electron chi connectivity index (χ2n) is 7.25. The zero-order valence-corrected chi connectivity index (χ0v) is 18.8. The third-order valence-corrected chi connectivity index (χ3v) is 6.05. The van der Waals surface area contributed by atoms with Gasteiger partial charge < -0.3 is 14.6 Å². The summed E-state index contributed by atoms with van der Waals surface area (Å²) in [5.74, 6) is -0.907. The molecule has 0 aliphatic carbocycles. The van der Waals surface area contributed by atoms with E-state index in [2.05, 4.69) is 10.2 Å². The van der Waals surface area contributed by atoms with Crippen LogP contribution in [0, 0.1) is 13.8 Å². The van der Waals surface area contributed by atoms with Gasteiger partial charge in [-0.3, -0.25) is 14.5 Å². The lowest BCUT2D eigenvalue weighted by atomic mass is 9.95. The summed E-state index contributed by atoms with van der Waals surface area (Å²) in [6.07, 6.45) is 0. The Kier molecular flexibility index (Phi) is 5.67. The van der Waals surface area contributed by atoms with Crippen LogP contribution >= 0.6 is 11.3 Å². The number of methoxy groups -OCH3 is 2. The van der Waals surface area contributed by atoms with Crippen LogP contribution in [0.2, 0.25) is 0 Å². The number of aliphatic hydroxyl groups is 1. The largest absolute Gasteiger partial charge is 0.507 e. The minimum atomic E-state index is -0.913. The number of benzene rings is 2. The van der Waals surface area contributed by atoms with Crippen LogP contribution in [0.3, 0.4) is 0 Å². The van der Waals surface area contributed by atoms with Gasteiger partial charge in [-0.15, -0.1) is 10.2 Å². The lowest BCUT2D eigenvalue weighted by molar-refractivity contribution is -0.132. The number of ketones is 1. The number of aryl methyl sites for hydroxylation is 2. The first kappa shape index (κ1) is 21.5. The predicted octanol–water partition coefficient (Wildman–Crippen LogP) is 3.80. The minimum absolute atomic E-state index is 0.0288. The second kappa shape index (κ2) is 8.43. The molecule has 2 aromatic carbocycles. The number of hydrogen-bond acceptors (Lipinski definition) is 8. The molecule has 1 N–H and O–H groups in total. The Morgan fingerprint density at radius 2 is 1.69 bits per heavy atom. The van der Waals surface area contributed by atoms with Gasteiger partial charge in [-0.05, 0) is 31.5 Å². The Morgan fingerprint density at radius 1 is 1.00 bits per heavy atom. The number of ether oxygens (including phenoxy) is 2. The molecule has 8 nitrogen and oxygen atoms in total. The van der Waals surface area contributed by atoms with Crippen molar-refractivity contribution >= 4 is 33.9 Å². The van der Waals surface area contributed by atoms with Crippen molar-refractivity contribution in [3.8, 4) is 11.5 Å². The molecule has 164 valence electrons. The number of anilines is 1. The standard InChI is InChI=1S/C23H21N3O5S/c1-12-5-7-14(8-6-12)20(27)18-19(15-9-10-16(30-3)17(11-15)31-4)26(22(29)21(18)28)23-25-24-13(2)32-23/h5-11,19,27H,1-4H3/t19-/m1/s1. The highest BCUT2D eigenvalue weighted by Gasteiger charge is 2.48. The van der Waals surface area contributed by atoms with Crippen molar-refractivity contribution in [3.63, 3.8) is 0 Å². The fraction of sp³-hybridized carbons (Fsp3) is 0.217. The number of hydrogen-bond donors (Lipinski definition) is 1. The Hall–Kier alpha value is -3.72. The van der Waals surface area contributed by atoms with Crippen LogP contribution in [-0.4, -0.2) is 41.2 Å². The summed E-state index contributed by atoms with van der Waals surface area (Å²) in [6.45, 7) is 3.68. The van der Waals surface area contributed by atoms with Gasteiger partial charge in [0.25, 0.3) is 5.78 Å². The number of carbonyl (C=O) groups is 2. The minimum Gasteiger partial charge on any atom is -0.507 e. The van der Waals surface area contributed by atoms with Gasteiger partial charge in [0.15, 0.2) is 11.5 Å². The first-order chi connectivity index (χ1) is 15.3. The molecule has 0 unspecified atom stereocenters. The number of amides is 1. The number of nitrogens with zero attached hydrogens (tertiary/aromatic N) is 3. The van der Waals surface area contributed by atoms with Crippen molar-refractivity contribution in [1.82, 2.24) is 10.2 Å². The first-order valence-corrected chi connectivity index (χ1v) is 10.6. The van der Waals surface area contributed by atoms with Gasteiger partial charge >= 0.3 is 5.91 Å². The second-order valence-corrected chi connectivity index (χ2v) is 8.41. The molecule has 1 aromatic heterocycles. The zero-order chi connectivity index (χ0) is 23.0. The average Bonchev–Trinajstić information content (AvgIpc) is 3.34. The Bertz CT molecular complexity index is 1230. The molecule has 1 aliphatic heterocycles. The summed E-state index contributed by atoms with van der Waals surface area (Å²) in [5, 5.41) is 20.1. The van der Waals surface area contributed by atoms with E-state index in [0.29, 0.717) is 27.6 Å². The van der Waals surface area contributed by atoms with E-state index in [9.17, 15) is 14.7 Å². The van der Waals surface area contributed by atoms with E-state index in [1.54, 1.807) is 37.3 Å². The summed E-state index contributed by atoms with van der Waals surface area (Å²) in [5.41, 5.74) is 1.97. The molecule has 9 heteroatoms. The van der Waals surface area contributed by atoms with Crippen LogP contribution in [0.5, 0.6) is 11.5 Å². The van der Waals surface area contributed by atoms with E-state index < -0.39 is 17.7 Å². The van der Waals surface area contributed by atoms with Crippen LogP contribution in [0.25, 0.3) is 5.76 Å². The highest BCUT2D eigenvalue weighted by Crippen LogP contribution is 2.44. The van der Waals surface area contributed by atoms with Crippen molar-refractivity contribution in [2.24, 2.45) is 0 Å². The van der Waals surface area contributed by atoms with Gasteiger partial charge in [0, 0.05) is 5.56 Å². The number of Topliss-reactive ketones (excluding diaryl/α,β-unsaturated/α-hetero) is 1. The van der Waals surface area contributed by atoms with Crippen LogP contribution in [-0.2, 0) is 9.59 Å². The van der Waals surface area contributed by atoms with Gasteiger partial charge in [-0.2, -0.15) is 0 Å². The number of rotatable bonds is 5. The maximum absolute atomic E-state index is 13.1. The fourth-order valence-electron chi connectivity index (χ4n) is 3.62. The SMILES string of the molecule is COc1ccc([C@@H]2C(=C(O)c3ccc(C)cc3)C(=O)C(=O)N2c2nnc(C)s2)cc1OC. The van der Waals surface area contributed by atoms with Crippen molar-refractivity contribution in [2.75, 3.05) is 19.1 Å². The summed E-state index contributed by atoms with van der Waals surface area (Å²) < 4.78 is 10.7.